The molecule has 0 aliphatic rings. The zero-order valence-electron chi connectivity index (χ0n) is 7.79. The SMILES string of the molecule is N#Cc1csc(/C=C/c2ccnnc2)c1. The van der Waals surface area contributed by atoms with Crippen molar-refractivity contribution in [3.05, 3.63) is 45.9 Å². The number of nitriles is 1. The summed E-state index contributed by atoms with van der Waals surface area (Å²) in [6, 6.07) is 5.83. The van der Waals surface area contributed by atoms with Crippen LogP contribution in [0.4, 0.5) is 0 Å². The topological polar surface area (TPSA) is 49.6 Å². The van der Waals surface area contributed by atoms with Crippen LogP contribution in [0, 0.1) is 11.3 Å². The van der Waals surface area contributed by atoms with E-state index in [-0.39, 0.29) is 0 Å². The van der Waals surface area contributed by atoms with Crippen LogP contribution >= 0.6 is 11.3 Å². The maximum absolute atomic E-state index is 8.65. The lowest BCUT2D eigenvalue weighted by molar-refractivity contribution is 1.03. The molecule has 72 valence electrons. The first-order chi connectivity index (χ1) is 7.38. The smallest absolute Gasteiger partial charge is 0.100 e. The molecular weight excluding hydrogens is 206 g/mol. The summed E-state index contributed by atoms with van der Waals surface area (Å²) in [5.74, 6) is 0. The molecule has 0 fully saturated rings. The highest BCUT2D eigenvalue weighted by atomic mass is 32.1. The fourth-order valence-corrected chi connectivity index (χ4v) is 1.80. The van der Waals surface area contributed by atoms with E-state index in [1.807, 2.05) is 29.7 Å². The lowest BCUT2D eigenvalue weighted by Gasteiger charge is -1.88. The zero-order chi connectivity index (χ0) is 10.5. The molecule has 0 aromatic carbocycles. The van der Waals surface area contributed by atoms with Crippen molar-refractivity contribution in [3.63, 3.8) is 0 Å². The maximum atomic E-state index is 8.65. The fraction of sp³-hybridized carbons (Fsp3) is 0. The molecule has 2 heterocycles. The largest absolute Gasteiger partial charge is 0.192 e. The molecule has 0 amide bonds. The molecule has 0 spiro atoms. The van der Waals surface area contributed by atoms with E-state index in [1.165, 1.54) is 0 Å². The first-order valence-electron chi connectivity index (χ1n) is 4.32. The van der Waals surface area contributed by atoms with Gasteiger partial charge >= 0.3 is 0 Å². The van der Waals surface area contributed by atoms with Crippen molar-refractivity contribution in [2.75, 3.05) is 0 Å². The Labute approximate surface area is 91.3 Å². The lowest BCUT2D eigenvalue weighted by Crippen LogP contribution is -1.78. The van der Waals surface area contributed by atoms with Crippen molar-refractivity contribution in [2.45, 2.75) is 0 Å². The molecule has 0 saturated carbocycles. The van der Waals surface area contributed by atoms with Gasteiger partial charge in [0.2, 0.25) is 0 Å². The second-order valence-electron chi connectivity index (χ2n) is 2.86. The van der Waals surface area contributed by atoms with E-state index in [1.54, 1.807) is 23.7 Å². The molecule has 0 atom stereocenters. The van der Waals surface area contributed by atoms with Gasteiger partial charge in [-0.2, -0.15) is 15.5 Å². The summed E-state index contributed by atoms with van der Waals surface area (Å²) in [4.78, 5) is 1.06. The van der Waals surface area contributed by atoms with Crippen LogP contribution in [0.3, 0.4) is 0 Å². The van der Waals surface area contributed by atoms with E-state index < -0.39 is 0 Å². The number of thiophene rings is 1. The number of aromatic nitrogens is 2. The molecule has 0 radical (unpaired) electrons. The highest BCUT2D eigenvalue weighted by molar-refractivity contribution is 7.11. The maximum Gasteiger partial charge on any atom is 0.100 e. The Balaban J connectivity index is 2.16. The Morgan fingerprint density at radius 1 is 1.33 bits per heavy atom. The average molecular weight is 213 g/mol. The summed E-state index contributed by atoms with van der Waals surface area (Å²) in [5, 5.41) is 17.9. The van der Waals surface area contributed by atoms with E-state index >= 15 is 0 Å². The molecule has 3 nitrogen and oxygen atoms in total. The van der Waals surface area contributed by atoms with Crippen LogP contribution in [0.25, 0.3) is 12.2 Å². The van der Waals surface area contributed by atoms with Crippen LogP contribution in [0.2, 0.25) is 0 Å². The van der Waals surface area contributed by atoms with Crippen molar-refractivity contribution >= 4 is 23.5 Å². The molecular formula is C11H7N3S. The van der Waals surface area contributed by atoms with Gasteiger partial charge in [-0.15, -0.1) is 11.3 Å². The summed E-state index contributed by atoms with van der Waals surface area (Å²) in [5.41, 5.74) is 1.70. The lowest BCUT2D eigenvalue weighted by atomic mass is 10.2. The fourth-order valence-electron chi connectivity index (χ4n) is 1.08. The average Bonchev–Trinajstić information content (AvgIpc) is 2.76. The third-order valence-electron chi connectivity index (χ3n) is 1.80. The molecule has 0 aliphatic heterocycles. The summed E-state index contributed by atoms with van der Waals surface area (Å²) in [6.07, 6.45) is 7.24. The molecule has 4 heteroatoms. The van der Waals surface area contributed by atoms with E-state index in [4.69, 9.17) is 5.26 Å². The number of rotatable bonds is 2. The monoisotopic (exact) mass is 213 g/mol. The van der Waals surface area contributed by atoms with Crippen molar-refractivity contribution in [2.24, 2.45) is 0 Å². The van der Waals surface area contributed by atoms with Gasteiger partial charge in [0.15, 0.2) is 0 Å². The molecule has 2 aromatic rings. The summed E-state index contributed by atoms with van der Waals surface area (Å²) < 4.78 is 0. The van der Waals surface area contributed by atoms with Crippen molar-refractivity contribution in [3.8, 4) is 6.07 Å². The van der Waals surface area contributed by atoms with Crippen LogP contribution in [-0.2, 0) is 0 Å². The first kappa shape index (κ1) is 9.56. The predicted octanol–water partition coefficient (Wildman–Crippen LogP) is 2.58. The van der Waals surface area contributed by atoms with Crippen molar-refractivity contribution in [1.29, 1.82) is 5.26 Å². The Morgan fingerprint density at radius 2 is 2.27 bits per heavy atom. The van der Waals surface area contributed by atoms with E-state index in [2.05, 4.69) is 16.3 Å². The van der Waals surface area contributed by atoms with Crippen LogP contribution in [-0.4, -0.2) is 10.2 Å². The molecule has 0 bridgehead atoms. The third kappa shape index (κ3) is 2.48. The third-order valence-corrected chi connectivity index (χ3v) is 2.69. The minimum absolute atomic E-state index is 0.701. The first-order valence-corrected chi connectivity index (χ1v) is 5.20. The van der Waals surface area contributed by atoms with Gasteiger partial charge in [0.1, 0.15) is 6.07 Å². The van der Waals surface area contributed by atoms with Gasteiger partial charge in [0, 0.05) is 10.3 Å². The number of hydrogen-bond donors (Lipinski definition) is 0. The van der Waals surface area contributed by atoms with Crippen molar-refractivity contribution < 1.29 is 0 Å². The Bertz CT molecular complexity index is 508. The molecule has 0 N–H and O–H groups in total. The van der Waals surface area contributed by atoms with E-state index in [0.717, 1.165) is 10.4 Å². The van der Waals surface area contributed by atoms with Gasteiger partial charge in [-0.05, 0) is 23.8 Å². The minimum atomic E-state index is 0.701. The van der Waals surface area contributed by atoms with Gasteiger partial charge in [-0.1, -0.05) is 6.08 Å². The predicted molar refractivity (Wildman–Crippen MR) is 60.0 cm³/mol. The highest BCUT2D eigenvalue weighted by Gasteiger charge is 1.94. The van der Waals surface area contributed by atoms with Gasteiger partial charge in [-0.3, -0.25) is 0 Å². The summed E-state index contributed by atoms with van der Waals surface area (Å²) in [7, 11) is 0. The zero-order valence-corrected chi connectivity index (χ0v) is 8.61. The van der Waals surface area contributed by atoms with Gasteiger partial charge in [0.05, 0.1) is 18.0 Å². The summed E-state index contributed by atoms with van der Waals surface area (Å²) in [6.45, 7) is 0. The minimum Gasteiger partial charge on any atom is -0.192 e. The quantitative estimate of drug-likeness (QED) is 0.770. The number of nitrogens with zero attached hydrogens (tertiary/aromatic N) is 3. The van der Waals surface area contributed by atoms with E-state index in [9.17, 15) is 0 Å². The summed E-state index contributed by atoms with van der Waals surface area (Å²) >= 11 is 1.55. The number of hydrogen-bond acceptors (Lipinski definition) is 4. The van der Waals surface area contributed by atoms with Crippen LogP contribution < -0.4 is 0 Å². The standard InChI is InChI=1S/C11H7N3S/c12-6-10-5-11(15-8-10)2-1-9-3-4-13-14-7-9/h1-5,7-8H/b2-1+. The molecule has 0 unspecified atom stereocenters. The van der Waals surface area contributed by atoms with Crippen LogP contribution in [0.1, 0.15) is 16.0 Å². The molecule has 2 aromatic heterocycles. The van der Waals surface area contributed by atoms with Gasteiger partial charge in [0.25, 0.3) is 0 Å². The highest BCUT2D eigenvalue weighted by Crippen LogP contribution is 2.16. The molecule has 0 aliphatic carbocycles. The molecule has 0 saturated heterocycles. The normalized spacial score (nSPS) is 10.3. The van der Waals surface area contributed by atoms with Gasteiger partial charge < -0.3 is 0 Å². The van der Waals surface area contributed by atoms with E-state index in [0.29, 0.717) is 5.56 Å². The van der Waals surface area contributed by atoms with Gasteiger partial charge in [-0.25, -0.2) is 0 Å². The second-order valence-corrected chi connectivity index (χ2v) is 3.80. The Kier molecular flexibility index (Phi) is 2.86. The molecule has 2 rings (SSSR count). The Hall–Kier alpha value is -1.99. The van der Waals surface area contributed by atoms with Crippen molar-refractivity contribution in [1.82, 2.24) is 10.2 Å². The van der Waals surface area contributed by atoms with Crippen LogP contribution in [0.15, 0.2) is 29.9 Å². The second kappa shape index (κ2) is 4.49. The molecule has 15 heavy (non-hydrogen) atoms. The van der Waals surface area contributed by atoms with Crippen LogP contribution in [0.5, 0.6) is 0 Å². The Morgan fingerprint density at radius 3 is 2.93 bits per heavy atom.